The highest BCUT2D eigenvalue weighted by atomic mass is 16.4. The molecule has 4 heteroatoms. The Hall–Kier alpha value is -1.06. The van der Waals surface area contributed by atoms with Crippen LogP contribution in [0.2, 0.25) is 0 Å². The van der Waals surface area contributed by atoms with Crippen molar-refractivity contribution in [1.29, 1.82) is 0 Å². The molecule has 0 radical (unpaired) electrons. The van der Waals surface area contributed by atoms with Crippen molar-refractivity contribution in [2.24, 2.45) is 5.41 Å². The molecule has 0 bridgehead atoms. The lowest BCUT2D eigenvalue weighted by Crippen LogP contribution is -2.31. The summed E-state index contributed by atoms with van der Waals surface area (Å²) in [7, 11) is 0. The van der Waals surface area contributed by atoms with Gasteiger partial charge in [-0.1, -0.05) is 58.8 Å². The summed E-state index contributed by atoms with van der Waals surface area (Å²) in [5.41, 5.74) is -0.557. The van der Waals surface area contributed by atoms with Crippen molar-refractivity contribution in [2.45, 2.75) is 90.9 Å². The predicted octanol–water partition coefficient (Wildman–Crippen LogP) is 4.86. The minimum absolute atomic E-state index is 0.218. The van der Waals surface area contributed by atoms with Crippen LogP contribution in [0.1, 0.15) is 90.9 Å². The third-order valence-electron chi connectivity index (χ3n) is 4.27. The second-order valence-electron chi connectivity index (χ2n) is 6.10. The van der Waals surface area contributed by atoms with Crippen LogP contribution in [-0.2, 0) is 9.59 Å². The van der Waals surface area contributed by atoms with Gasteiger partial charge in [0.25, 0.3) is 0 Å². The zero-order chi connectivity index (χ0) is 16.1. The van der Waals surface area contributed by atoms with Crippen LogP contribution in [0.5, 0.6) is 0 Å². The van der Waals surface area contributed by atoms with Crippen molar-refractivity contribution < 1.29 is 19.8 Å². The number of unbranched alkanes of at least 4 members (excludes halogenated alkanes) is 5. The molecule has 0 saturated heterocycles. The summed E-state index contributed by atoms with van der Waals surface area (Å²) >= 11 is 0. The zero-order valence-corrected chi connectivity index (χ0v) is 13.7. The zero-order valence-electron chi connectivity index (χ0n) is 13.7. The molecule has 0 aliphatic carbocycles. The second kappa shape index (κ2) is 11.6. The summed E-state index contributed by atoms with van der Waals surface area (Å²) in [5, 5.41) is 18.3. The standard InChI is InChI=1S/C17H32O4/c1-3-5-12-17(16(20)21,13-6-4-2)14-10-8-7-9-11-15(18)19/h3-14H2,1-2H3,(H,18,19)(H,20,21). The lowest BCUT2D eigenvalue weighted by molar-refractivity contribution is -0.150. The molecule has 2 N–H and O–H groups in total. The first kappa shape index (κ1) is 19.9. The number of carboxylic acid groups (broad SMARTS) is 2. The molecule has 21 heavy (non-hydrogen) atoms. The molecule has 4 nitrogen and oxygen atoms in total. The summed E-state index contributed by atoms with van der Waals surface area (Å²) < 4.78 is 0. The normalized spacial score (nSPS) is 11.5. The molecule has 0 aliphatic rings. The van der Waals surface area contributed by atoms with E-state index in [1.807, 2.05) is 0 Å². The van der Waals surface area contributed by atoms with Crippen LogP contribution in [0.15, 0.2) is 0 Å². The summed E-state index contributed by atoms with van der Waals surface area (Å²) in [4.78, 5) is 22.2. The van der Waals surface area contributed by atoms with E-state index < -0.39 is 17.4 Å². The molecule has 0 saturated carbocycles. The van der Waals surface area contributed by atoms with Gasteiger partial charge in [-0.15, -0.1) is 0 Å². The van der Waals surface area contributed by atoms with Crippen molar-refractivity contribution in [3.63, 3.8) is 0 Å². The Morgan fingerprint density at radius 2 is 1.24 bits per heavy atom. The minimum Gasteiger partial charge on any atom is -0.481 e. The molecule has 0 spiro atoms. The van der Waals surface area contributed by atoms with Gasteiger partial charge in [-0.2, -0.15) is 0 Å². The third-order valence-corrected chi connectivity index (χ3v) is 4.27. The average molecular weight is 300 g/mol. The fourth-order valence-electron chi connectivity index (χ4n) is 2.82. The number of rotatable bonds is 14. The van der Waals surface area contributed by atoms with Crippen molar-refractivity contribution >= 4 is 11.9 Å². The Kier molecular flexibility index (Phi) is 11.0. The van der Waals surface area contributed by atoms with E-state index in [0.717, 1.165) is 64.2 Å². The largest absolute Gasteiger partial charge is 0.481 e. The maximum absolute atomic E-state index is 11.8. The van der Waals surface area contributed by atoms with Gasteiger partial charge in [0.2, 0.25) is 0 Å². The number of carboxylic acids is 2. The molecular formula is C17H32O4. The van der Waals surface area contributed by atoms with Crippen LogP contribution >= 0.6 is 0 Å². The van der Waals surface area contributed by atoms with Gasteiger partial charge in [0, 0.05) is 6.42 Å². The first-order chi connectivity index (χ1) is 9.98. The first-order valence-corrected chi connectivity index (χ1v) is 8.43. The summed E-state index contributed by atoms with van der Waals surface area (Å²) in [6.45, 7) is 4.19. The number of aliphatic carboxylic acids is 2. The van der Waals surface area contributed by atoms with E-state index in [2.05, 4.69) is 13.8 Å². The van der Waals surface area contributed by atoms with Crippen LogP contribution in [0.3, 0.4) is 0 Å². The highest BCUT2D eigenvalue weighted by Crippen LogP contribution is 2.37. The number of carbonyl (C=O) groups is 2. The first-order valence-electron chi connectivity index (χ1n) is 8.43. The Morgan fingerprint density at radius 3 is 1.67 bits per heavy atom. The summed E-state index contributed by atoms with van der Waals surface area (Å²) in [6, 6.07) is 0. The monoisotopic (exact) mass is 300 g/mol. The molecule has 0 aliphatic heterocycles. The smallest absolute Gasteiger partial charge is 0.309 e. The van der Waals surface area contributed by atoms with Crippen LogP contribution in [0.25, 0.3) is 0 Å². The maximum atomic E-state index is 11.8. The fourth-order valence-corrected chi connectivity index (χ4v) is 2.82. The fraction of sp³-hybridized carbons (Fsp3) is 0.882. The molecule has 0 heterocycles. The lowest BCUT2D eigenvalue weighted by Gasteiger charge is -2.29. The van der Waals surface area contributed by atoms with Gasteiger partial charge in [0.1, 0.15) is 0 Å². The molecule has 0 rings (SSSR count). The Bertz CT molecular complexity index is 291. The predicted molar refractivity (Wildman–Crippen MR) is 84.5 cm³/mol. The molecule has 0 atom stereocenters. The van der Waals surface area contributed by atoms with E-state index in [0.29, 0.717) is 6.42 Å². The summed E-state index contributed by atoms with van der Waals surface area (Å²) in [5.74, 6) is -1.39. The molecule has 0 fully saturated rings. The quantitative estimate of drug-likeness (QED) is 0.449. The van der Waals surface area contributed by atoms with E-state index in [1.165, 1.54) is 0 Å². The third kappa shape index (κ3) is 8.74. The van der Waals surface area contributed by atoms with Gasteiger partial charge < -0.3 is 10.2 Å². The Labute approximate surface area is 128 Å². The van der Waals surface area contributed by atoms with Crippen LogP contribution in [0.4, 0.5) is 0 Å². The summed E-state index contributed by atoms with van der Waals surface area (Å²) in [6.07, 6.45) is 9.87. The lowest BCUT2D eigenvalue weighted by atomic mass is 9.74. The molecule has 0 aromatic carbocycles. The van der Waals surface area contributed by atoms with E-state index in [4.69, 9.17) is 5.11 Å². The van der Waals surface area contributed by atoms with Crippen LogP contribution < -0.4 is 0 Å². The second-order valence-corrected chi connectivity index (χ2v) is 6.10. The van der Waals surface area contributed by atoms with E-state index in [1.54, 1.807) is 0 Å². The van der Waals surface area contributed by atoms with Gasteiger partial charge in [0.05, 0.1) is 5.41 Å². The Morgan fingerprint density at radius 1 is 0.762 bits per heavy atom. The van der Waals surface area contributed by atoms with Crippen molar-refractivity contribution in [3.8, 4) is 0 Å². The Balaban J connectivity index is 4.30. The van der Waals surface area contributed by atoms with Crippen molar-refractivity contribution in [3.05, 3.63) is 0 Å². The highest BCUT2D eigenvalue weighted by Gasteiger charge is 2.36. The van der Waals surface area contributed by atoms with Gasteiger partial charge >= 0.3 is 11.9 Å². The van der Waals surface area contributed by atoms with E-state index in [-0.39, 0.29) is 6.42 Å². The van der Waals surface area contributed by atoms with Crippen LogP contribution in [0, 0.1) is 5.41 Å². The van der Waals surface area contributed by atoms with Crippen LogP contribution in [-0.4, -0.2) is 22.2 Å². The van der Waals surface area contributed by atoms with Gasteiger partial charge in [0.15, 0.2) is 0 Å². The average Bonchev–Trinajstić information content (AvgIpc) is 2.44. The molecule has 0 aromatic heterocycles. The van der Waals surface area contributed by atoms with E-state index in [9.17, 15) is 14.7 Å². The van der Waals surface area contributed by atoms with Crippen molar-refractivity contribution in [2.75, 3.05) is 0 Å². The molecule has 0 aromatic rings. The van der Waals surface area contributed by atoms with E-state index >= 15 is 0 Å². The van der Waals surface area contributed by atoms with Crippen molar-refractivity contribution in [1.82, 2.24) is 0 Å². The molecule has 0 unspecified atom stereocenters. The maximum Gasteiger partial charge on any atom is 0.309 e. The van der Waals surface area contributed by atoms with Gasteiger partial charge in [-0.05, 0) is 25.7 Å². The molecule has 124 valence electrons. The number of hydrogen-bond acceptors (Lipinski definition) is 2. The van der Waals surface area contributed by atoms with Gasteiger partial charge in [-0.25, -0.2) is 0 Å². The molecule has 0 amide bonds. The number of hydrogen-bond donors (Lipinski definition) is 2. The topological polar surface area (TPSA) is 74.6 Å². The minimum atomic E-state index is -0.749. The highest BCUT2D eigenvalue weighted by molar-refractivity contribution is 5.74. The van der Waals surface area contributed by atoms with Gasteiger partial charge in [-0.3, -0.25) is 9.59 Å². The SMILES string of the molecule is CCCCC(CCCC)(CCCCCCC(=O)O)C(=O)O. The molecular weight excluding hydrogens is 268 g/mol.